The Kier molecular flexibility index (Phi) is 2.69. The Bertz CT molecular complexity index is 772. The van der Waals surface area contributed by atoms with E-state index >= 15 is 0 Å². The van der Waals surface area contributed by atoms with Gasteiger partial charge in [-0.2, -0.15) is 0 Å². The number of hydrogen-bond donors (Lipinski definition) is 1. The number of esters is 1. The number of aromatic nitrogens is 1. The van der Waals surface area contributed by atoms with Crippen molar-refractivity contribution in [3.05, 3.63) is 41.1 Å². The molecule has 0 bridgehead atoms. The van der Waals surface area contributed by atoms with Crippen molar-refractivity contribution >= 4 is 22.4 Å². The van der Waals surface area contributed by atoms with E-state index in [1.54, 1.807) is 0 Å². The third-order valence-electron chi connectivity index (χ3n) is 4.61. The Labute approximate surface area is 123 Å². The fourth-order valence-corrected chi connectivity index (χ4v) is 3.71. The van der Waals surface area contributed by atoms with Gasteiger partial charge in [-0.1, -0.05) is 12.1 Å². The number of nitrogens with zero attached hydrogens (tertiary/aromatic N) is 1. The van der Waals surface area contributed by atoms with Crippen LogP contribution in [-0.2, 0) is 16.0 Å². The normalized spacial score (nSPS) is 21.0. The van der Waals surface area contributed by atoms with Gasteiger partial charge in [0.2, 0.25) is 0 Å². The van der Waals surface area contributed by atoms with Crippen LogP contribution in [0.4, 0.5) is 0 Å². The zero-order valence-electron chi connectivity index (χ0n) is 12.3. The molecule has 1 N–H and O–H groups in total. The van der Waals surface area contributed by atoms with Crippen LogP contribution in [0.2, 0.25) is 0 Å². The number of fused-ring (bicyclic) bond motifs is 2. The number of carbonyl (C=O) groups excluding carboxylic acids is 1. The molecule has 2 aromatic rings. The van der Waals surface area contributed by atoms with E-state index in [1.807, 2.05) is 6.92 Å². The largest absolute Gasteiger partial charge is 0.463 e. The first-order valence-corrected chi connectivity index (χ1v) is 7.40. The monoisotopic (exact) mass is 282 g/mol. The molecule has 0 spiro atoms. The summed E-state index contributed by atoms with van der Waals surface area (Å²) in [6.07, 6.45) is 3.05. The van der Waals surface area contributed by atoms with Gasteiger partial charge in [0.25, 0.3) is 0 Å². The van der Waals surface area contributed by atoms with E-state index in [0.29, 0.717) is 13.2 Å². The van der Waals surface area contributed by atoms with Crippen molar-refractivity contribution in [3.63, 3.8) is 0 Å². The quantitative estimate of drug-likeness (QED) is 0.860. The molecule has 0 saturated heterocycles. The maximum absolute atomic E-state index is 12.3. The lowest BCUT2D eigenvalue weighted by Gasteiger charge is -2.27. The minimum absolute atomic E-state index is 0.169. The second-order valence-electron chi connectivity index (χ2n) is 5.79. The van der Waals surface area contributed by atoms with Crippen LogP contribution in [0.3, 0.4) is 0 Å². The molecular formula is C17H18N2O2. The molecule has 0 radical (unpaired) electrons. The van der Waals surface area contributed by atoms with Crippen molar-refractivity contribution < 1.29 is 9.53 Å². The molecule has 0 amide bonds. The highest BCUT2D eigenvalue weighted by Gasteiger charge is 2.38. The molecule has 1 aromatic carbocycles. The van der Waals surface area contributed by atoms with Gasteiger partial charge in [-0.15, -0.1) is 0 Å². The van der Waals surface area contributed by atoms with Crippen LogP contribution < -0.4 is 0 Å². The van der Waals surface area contributed by atoms with Gasteiger partial charge in [0.15, 0.2) is 0 Å². The Morgan fingerprint density at radius 2 is 2.33 bits per heavy atom. The smallest absolute Gasteiger partial charge is 0.335 e. The lowest BCUT2D eigenvalue weighted by atomic mass is 9.84. The molecule has 2 heterocycles. The number of H-pyrrole nitrogens is 1. The molecular weight excluding hydrogens is 264 g/mol. The Morgan fingerprint density at radius 3 is 3.14 bits per heavy atom. The van der Waals surface area contributed by atoms with E-state index in [0.717, 1.165) is 23.1 Å². The second-order valence-corrected chi connectivity index (χ2v) is 5.79. The van der Waals surface area contributed by atoms with Crippen LogP contribution in [0, 0.1) is 0 Å². The van der Waals surface area contributed by atoms with Crippen molar-refractivity contribution in [3.8, 4) is 0 Å². The first-order chi connectivity index (χ1) is 10.2. The molecule has 4 heteroatoms. The summed E-state index contributed by atoms with van der Waals surface area (Å²) in [6.45, 7) is 2.94. The summed E-state index contributed by atoms with van der Waals surface area (Å²) in [7, 11) is 2.08. The van der Waals surface area contributed by atoms with Crippen LogP contribution in [0.15, 0.2) is 30.0 Å². The zero-order chi connectivity index (χ0) is 14.6. The molecule has 1 aliphatic heterocycles. The molecule has 0 saturated carbocycles. The Morgan fingerprint density at radius 1 is 1.48 bits per heavy atom. The molecule has 1 atom stereocenters. The highest BCUT2D eigenvalue weighted by atomic mass is 16.5. The van der Waals surface area contributed by atoms with E-state index < -0.39 is 0 Å². The molecule has 1 unspecified atom stereocenters. The third kappa shape index (κ3) is 1.69. The maximum Gasteiger partial charge on any atom is 0.335 e. The number of benzene rings is 1. The van der Waals surface area contributed by atoms with Crippen LogP contribution >= 0.6 is 0 Å². The number of likely N-dealkylation sites (N-methyl/N-ethyl adjacent to an activating group) is 1. The molecule has 21 heavy (non-hydrogen) atoms. The zero-order valence-corrected chi connectivity index (χ0v) is 12.3. The van der Waals surface area contributed by atoms with Crippen molar-refractivity contribution in [2.75, 3.05) is 20.2 Å². The minimum atomic E-state index is -0.169. The van der Waals surface area contributed by atoms with E-state index in [1.165, 1.54) is 16.5 Å². The van der Waals surface area contributed by atoms with Gasteiger partial charge >= 0.3 is 5.97 Å². The summed E-state index contributed by atoms with van der Waals surface area (Å²) < 4.78 is 5.26. The van der Waals surface area contributed by atoms with Crippen LogP contribution in [0.5, 0.6) is 0 Å². The summed E-state index contributed by atoms with van der Waals surface area (Å²) in [5.74, 6) is -0.169. The fourth-order valence-electron chi connectivity index (χ4n) is 3.71. The Balaban J connectivity index is 1.96. The summed E-state index contributed by atoms with van der Waals surface area (Å²) >= 11 is 0. The summed E-state index contributed by atoms with van der Waals surface area (Å²) in [5.41, 5.74) is 5.65. The molecule has 0 fully saturated rings. The molecule has 1 aromatic heterocycles. The van der Waals surface area contributed by atoms with Crippen molar-refractivity contribution in [1.29, 1.82) is 0 Å². The van der Waals surface area contributed by atoms with Gasteiger partial charge in [-0.3, -0.25) is 4.90 Å². The van der Waals surface area contributed by atoms with Gasteiger partial charge < -0.3 is 9.72 Å². The molecule has 4 rings (SSSR count). The number of carbonyl (C=O) groups is 1. The van der Waals surface area contributed by atoms with Crippen LogP contribution in [0.25, 0.3) is 16.5 Å². The van der Waals surface area contributed by atoms with Crippen molar-refractivity contribution in [2.24, 2.45) is 0 Å². The van der Waals surface area contributed by atoms with Gasteiger partial charge in [-0.05, 0) is 43.2 Å². The van der Waals surface area contributed by atoms with Gasteiger partial charge in [0, 0.05) is 29.7 Å². The average Bonchev–Trinajstić information content (AvgIpc) is 3.04. The van der Waals surface area contributed by atoms with Crippen molar-refractivity contribution in [1.82, 2.24) is 9.88 Å². The highest BCUT2D eigenvalue weighted by Crippen LogP contribution is 2.43. The molecule has 2 aliphatic rings. The molecule has 1 aliphatic carbocycles. The van der Waals surface area contributed by atoms with Gasteiger partial charge in [-0.25, -0.2) is 4.79 Å². The molecule has 4 nitrogen and oxygen atoms in total. The lowest BCUT2D eigenvalue weighted by Crippen LogP contribution is -2.31. The van der Waals surface area contributed by atoms with Gasteiger partial charge in [0.1, 0.15) is 0 Å². The standard InChI is InChI=1S/C17H18N2O2/c1-3-21-17(20)12-9-19(2)14-7-10-8-18-13-6-4-5-11(15(10)13)16(12)14/h4-6,8,14,18H,3,7,9H2,1-2H3. The van der Waals surface area contributed by atoms with Crippen LogP contribution in [-0.4, -0.2) is 42.1 Å². The van der Waals surface area contributed by atoms with E-state index in [9.17, 15) is 4.79 Å². The number of nitrogens with one attached hydrogen (secondary N) is 1. The number of aromatic amines is 1. The van der Waals surface area contributed by atoms with E-state index in [-0.39, 0.29) is 12.0 Å². The van der Waals surface area contributed by atoms with Gasteiger partial charge in [0.05, 0.1) is 12.2 Å². The third-order valence-corrected chi connectivity index (χ3v) is 4.61. The average molecular weight is 282 g/mol. The number of rotatable bonds is 2. The SMILES string of the molecule is CCOC(=O)C1=C2c3cccc4[nH]cc(c34)CC2N(C)C1. The first kappa shape index (κ1) is 12.7. The topological polar surface area (TPSA) is 45.3 Å². The summed E-state index contributed by atoms with van der Waals surface area (Å²) in [4.78, 5) is 17.9. The van der Waals surface area contributed by atoms with E-state index in [4.69, 9.17) is 4.74 Å². The van der Waals surface area contributed by atoms with Crippen LogP contribution in [0.1, 0.15) is 18.1 Å². The number of hydrogen-bond acceptors (Lipinski definition) is 3. The highest BCUT2D eigenvalue weighted by molar-refractivity contribution is 6.07. The number of ether oxygens (including phenoxy) is 1. The lowest BCUT2D eigenvalue weighted by molar-refractivity contribution is -0.138. The maximum atomic E-state index is 12.3. The fraction of sp³-hybridized carbons (Fsp3) is 0.353. The summed E-state index contributed by atoms with van der Waals surface area (Å²) in [5, 5.41) is 1.26. The predicted molar refractivity (Wildman–Crippen MR) is 82.0 cm³/mol. The predicted octanol–water partition coefficient (Wildman–Crippen LogP) is 2.35. The van der Waals surface area contributed by atoms with Crippen molar-refractivity contribution in [2.45, 2.75) is 19.4 Å². The second kappa shape index (κ2) is 4.46. The minimum Gasteiger partial charge on any atom is -0.463 e. The molecule has 108 valence electrons. The Hall–Kier alpha value is -2.07. The summed E-state index contributed by atoms with van der Waals surface area (Å²) in [6, 6.07) is 6.54. The van der Waals surface area contributed by atoms with E-state index in [2.05, 4.69) is 41.3 Å². The first-order valence-electron chi connectivity index (χ1n) is 7.40.